The monoisotopic (exact) mass is 569 g/mol. The highest BCUT2D eigenvalue weighted by Crippen LogP contribution is 2.27. The normalized spacial score (nSPS) is 12.8. The fraction of sp³-hybridized carbons (Fsp3) is 0.333. The van der Waals surface area contributed by atoms with E-state index in [1.54, 1.807) is 43.3 Å². The topological polar surface area (TPSA) is 96.0 Å². The number of amides is 2. The standard InChI is InChI=1S/C30H36FN3O5S/c1-6-22(3)32-30(36)23(4)33(19-24-13-15-25(39-5)16-14-24)29(35)20-34(28-10-8-7-9-27(28)31)40(37,38)26-17-11-21(2)12-18-26/h7-18,22-23H,6,19-20H2,1-5H3,(H,32,36). The minimum Gasteiger partial charge on any atom is -0.497 e. The van der Waals surface area contributed by atoms with E-state index in [9.17, 15) is 22.4 Å². The van der Waals surface area contributed by atoms with E-state index in [-0.39, 0.29) is 29.1 Å². The van der Waals surface area contributed by atoms with Gasteiger partial charge in [0.15, 0.2) is 0 Å². The molecule has 2 atom stereocenters. The van der Waals surface area contributed by atoms with Gasteiger partial charge in [-0.15, -0.1) is 0 Å². The molecule has 0 aliphatic carbocycles. The summed E-state index contributed by atoms with van der Waals surface area (Å²) in [7, 11) is -2.80. The number of rotatable bonds is 12. The van der Waals surface area contributed by atoms with E-state index in [1.807, 2.05) is 20.8 Å². The second-order valence-electron chi connectivity index (χ2n) is 9.64. The SMILES string of the molecule is CCC(C)NC(=O)C(C)N(Cc1ccc(OC)cc1)C(=O)CN(c1ccccc1F)S(=O)(=O)c1ccc(C)cc1. The van der Waals surface area contributed by atoms with Crippen molar-refractivity contribution in [3.05, 3.63) is 89.7 Å². The van der Waals surface area contributed by atoms with Crippen LogP contribution in [-0.4, -0.2) is 50.9 Å². The van der Waals surface area contributed by atoms with Crippen LogP contribution in [0.2, 0.25) is 0 Å². The maximum atomic E-state index is 15.0. The molecule has 214 valence electrons. The second kappa shape index (κ2) is 13.4. The number of carbonyl (C=O) groups is 2. The summed E-state index contributed by atoms with van der Waals surface area (Å²) in [6, 6.07) is 17.4. The lowest BCUT2D eigenvalue weighted by Gasteiger charge is -2.32. The Morgan fingerprint density at radius 2 is 1.60 bits per heavy atom. The maximum Gasteiger partial charge on any atom is 0.264 e. The number of methoxy groups -OCH3 is 1. The van der Waals surface area contributed by atoms with Crippen LogP contribution in [-0.2, 0) is 26.2 Å². The average molecular weight is 570 g/mol. The molecule has 3 aromatic carbocycles. The van der Waals surface area contributed by atoms with Crippen molar-refractivity contribution in [2.24, 2.45) is 0 Å². The molecule has 0 saturated heterocycles. The fourth-order valence-electron chi connectivity index (χ4n) is 3.98. The first-order chi connectivity index (χ1) is 19.0. The van der Waals surface area contributed by atoms with Gasteiger partial charge in [-0.25, -0.2) is 12.8 Å². The molecule has 0 radical (unpaired) electrons. The molecule has 0 aromatic heterocycles. The number of aryl methyl sites for hydroxylation is 1. The Morgan fingerprint density at radius 1 is 0.975 bits per heavy atom. The molecule has 0 aliphatic rings. The van der Waals surface area contributed by atoms with Gasteiger partial charge in [0.1, 0.15) is 24.2 Å². The third kappa shape index (κ3) is 7.38. The summed E-state index contributed by atoms with van der Waals surface area (Å²) >= 11 is 0. The highest BCUT2D eigenvalue weighted by atomic mass is 32.2. The van der Waals surface area contributed by atoms with Gasteiger partial charge < -0.3 is 15.0 Å². The molecule has 2 unspecified atom stereocenters. The van der Waals surface area contributed by atoms with Gasteiger partial charge in [0.2, 0.25) is 11.8 Å². The first-order valence-corrected chi connectivity index (χ1v) is 14.5. The highest BCUT2D eigenvalue weighted by Gasteiger charge is 2.33. The Morgan fingerprint density at radius 3 is 2.17 bits per heavy atom. The number of nitrogens with zero attached hydrogens (tertiary/aromatic N) is 2. The maximum absolute atomic E-state index is 15.0. The van der Waals surface area contributed by atoms with Crippen LogP contribution in [0.1, 0.15) is 38.3 Å². The number of anilines is 1. The van der Waals surface area contributed by atoms with Crippen LogP contribution in [0, 0.1) is 12.7 Å². The van der Waals surface area contributed by atoms with E-state index >= 15 is 0 Å². The summed E-state index contributed by atoms with van der Waals surface area (Å²) in [4.78, 5) is 28.2. The largest absolute Gasteiger partial charge is 0.497 e. The van der Waals surface area contributed by atoms with Crippen molar-refractivity contribution in [1.82, 2.24) is 10.2 Å². The fourth-order valence-corrected chi connectivity index (χ4v) is 5.40. The van der Waals surface area contributed by atoms with E-state index in [2.05, 4.69) is 5.32 Å². The van der Waals surface area contributed by atoms with E-state index < -0.39 is 34.3 Å². The smallest absolute Gasteiger partial charge is 0.264 e. The molecule has 8 nitrogen and oxygen atoms in total. The number of para-hydroxylation sites is 1. The molecule has 10 heteroatoms. The van der Waals surface area contributed by atoms with Crippen molar-refractivity contribution in [3.8, 4) is 5.75 Å². The van der Waals surface area contributed by atoms with Gasteiger partial charge in [0, 0.05) is 12.6 Å². The van der Waals surface area contributed by atoms with E-state index in [0.29, 0.717) is 17.7 Å². The van der Waals surface area contributed by atoms with Crippen LogP contribution in [0.25, 0.3) is 0 Å². The summed E-state index contributed by atoms with van der Waals surface area (Å²) < 4.78 is 48.5. The zero-order chi connectivity index (χ0) is 29.4. The van der Waals surface area contributed by atoms with Crippen LogP contribution in [0.4, 0.5) is 10.1 Å². The van der Waals surface area contributed by atoms with Crippen LogP contribution in [0.3, 0.4) is 0 Å². The number of benzene rings is 3. The third-order valence-electron chi connectivity index (χ3n) is 6.69. The molecule has 0 bridgehead atoms. The van der Waals surface area contributed by atoms with E-state index in [0.717, 1.165) is 15.9 Å². The van der Waals surface area contributed by atoms with Crippen molar-refractivity contribution < 1.29 is 27.1 Å². The number of hydrogen-bond acceptors (Lipinski definition) is 5. The predicted octanol–water partition coefficient (Wildman–Crippen LogP) is 4.67. The first-order valence-electron chi connectivity index (χ1n) is 13.0. The lowest BCUT2D eigenvalue weighted by Crippen LogP contribution is -2.52. The molecule has 0 heterocycles. The minimum absolute atomic E-state index is 0.0214. The number of nitrogens with one attached hydrogen (secondary N) is 1. The average Bonchev–Trinajstić information content (AvgIpc) is 2.95. The van der Waals surface area contributed by atoms with Gasteiger partial charge in [-0.1, -0.05) is 48.9 Å². The minimum atomic E-state index is -4.34. The summed E-state index contributed by atoms with van der Waals surface area (Å²) in [5.74, 6) is -1.22. The number of sulfonamides is 1. The number of halogens is 1. The summed E-state index contributed by atoms with van der Waals surface area (Å²) in [5, 5.41) is 2.88. The van der Waals surface area contributed by atoms with Crippen molar-refractivity contribution in [1.29, 1.82) is 0 Å². The third-order valence-corrected chi connectivity index (χ3v) is 8.46. The van der Waals surface area contributed by atoms with Gasteiger partial charge in [-0.2, -0.15) is 0 Å². The molecule has 3 rings (SSSR count). The van der Waals surface area contributed by atoms with Crippen LogP contribution in [0.5, 0.6) is 5.75 Å². The van der Waals surface area contributed by atoms with Crippen molar-refractivity contribution in [2.75, 3.05) is 18.0 Å². The van der Waals surface area contributed by atoms with Gasteiger partial charge >= 0.3 is 0 Å². The number of hydrogen-bond donors (Lipinski definition) is 1. The Balaban J connectivity index is 2.03. The van der Waals surface area contributed by atoms with Crippen LogP contribution < -0.4 is 14.4 Å². The first kappa shape index (κ1) is 30.6. The molecule has 40 heavy (non-hydrogen) atoms. The van der Waals surface area contributed by atoms with Crippen molar-refractivity contribution in [2.45, 2.75) is 57.6 Å². The second-order valence-corrected chi connectivity index (χ2v) is 11.5. The molecule has 0 aliphatic heterocycles. The highest BCUT2D eigenvalue weighted by molar-refractivity contribution is 7.92. The lowest BCUT2D eigenvalue weighted by atomic mass is 10.1. The summed E-state index contributed by atoms with van der Waals surface area (Å²) in [6.45, 7) is 6.49. The van der Waals surface area contributed by atoms with Gasteiger partial charge in [-0.3, -0.25) is 13.9 Å². The van der Waals surface area contributed by atoms with Crippen LogP contribution >= 0.6 is 0 Å². The number of ether oxygens (including phenoxy) is 1. The molecule has 2 amide bonds. The Hall–Kier alpha value is -3.92. The molecule has 3 aromatic rings. The summed E-state index contributed by atoms with van der Waals surface area (Å²) in [5.41, 5.74) is 1.29. The van der Waals surface area contributed by atoms with E-state index in [4.69, 9.17) is 4.74 Å². The Bertz CT molecular complexity index is 1410. The molecule has 0 saturated carbocycles. The van der Waals surface area contributed by atoms with Crippen molar-refractivity contribution >= 4 is 27.5 Å². The summed E-state index contributed by atoms with van der Waals surface area (Å²) in [6.07, 6.45) is 0.695. The predicted molar refractivity (Wildman–Crippen MR) is 153 cm³/mol. The quantitative estimate of drug-likeness (QED) is 0.342. The number of carbonyl (C=O) groups excluding carboxylic acids is 2. The Kier molecular flexibility index (Phi) is 10.3. The lowest BCUT2D eigenvalue weighted by molar-refractivity contribution is -0.139. The van der Waals surface area contributed by atoms with Gasteiger partial charge in [0.25, 0.3) is 10.0 Å². The van der Waals surface area contributed by atoms with E-state index in [1.165, 1.54) is 42.3 Å². The van der Waals surface area contributed by atoms with Crippen LogP contribution in [0.15, 0.2) is 77.7 Å². The Labute approximate surface area is 235 Å². The molecular formula is C30H36FN3O5S. The molecule has 0 spiro atoms. The van der Waals surface area contributed by atoms with Gasteiger partial charge in [-0.05, 0) is 69.2 Å². The zero-order valence-corrected chi connectivity index (χ0v) is 24.2. The molecule has 1 N–H and O–H groups in total. The molecular weight excluding hydrogens is 533 g/mol. The van der Waals surface area contributed by atoms with Gasteiger partial charge in [0.05, 0.1) is 17.7 Å². The zero-order valence-electron chi connectivity index (χ0n) is 23.4. The van der Waals surface area contributed by atoms with Crippen molar-refractivity contribution in [3.63, 3.8) is 0 Å². The molecule has 0 fully saturated rings.